The molecule has 1 saturated heterocycles. The van der Waals surface area contributed by atoms with E-state index in [4.69, 9.17) is 23.9 Å². The van der Waals surface area contributed by atoms with Crippen LogP contribution in [-0.4, -0.2) is 105 Å². The molecule has 2 aromatic carbocycles. The minimum Gasteiger partial charge on any atom is -0.497 e. The van der Waals surface area contributed by atoms with Gasteiger partial charge in [-0.3, -0.25) is 14.7 Å². The lowest BCUT2D eigenvalue weighted by Gasteiger charge is -2.43. The van der Waals surface area contributed by atoms with Crippen molar-refractivity contribution < 1.29 is 28.1 Å². The number of halogens is 1. The third-order valence-electron chi connectivity index (χ3n) is 8.71. The summed E-state index contributed by atoms with van der Waals surface area (Å²) in [7, 11) is 3.12. The van der Waals surface area contributed by atoms with Crippen LogP contribution in [0.15, 0.2) is 53.7 Å². The van der Waals surface area contributed by atoms with Gasteiger partial charge in [0.05, 0.1) is 19.9 Å². The van der Waals surface area contributed by atoms with Crippen molar-refractivity contribution in [3.8, 4) is 17.2 Å². The number of hydrogen-bond donors (Lipinski definition) is 1. The minimum absolute atomic E-state index is 0.0271. The molecule has 2 heterocycles. The summed E-state index contributed by atoms with van der Waals surface area (Å²) in [5.41, 5.74) is 1.07. The van der Waals surface area contributed by atoms with E-state index in [9.17, 15) is 4.79 Å². The van der Waals surface area contributed by atoms with Crippen LogP contribution in [0.3, 0.4) is 0 Å². The quantitative estimate of drug-likeness (QED) is 0.245. The second-order valence-corrected chi connectivity index (χ2v) is 12.8. The number of rotatable bonds is 14. The Morgan fingerprint density at radius 1 is 1.02 bits per heavy atom. The van der Waals surface area contributed by atoms with Crippen LogP contribution in [0.2, 0.25) is 0 Å². The topological polar surface area (TPSA) is 91.3 Å². The Hall–Kier alpha value is -4.03. The van der Waals surface area contributed by atoms with E-state index < -0.39 is 17.7 Å². The molecule has 1 fully saturated rings. The molecule has 2 aromatic rings. The first-order valence-electron chi connectivity index (χ1n) is 16.9. The Bertz CT molecular complexity index is 1430. The number of nitrogens with one attached hydrogen (secondary N) is 1. The summed E-state index contributed by atoms with van der Waals surface area (Å²) in [6.07, 6.45) is 4.53. The Labute approximate surface area is 285 Å². The number of carbonyl (C=O) groups excluding carboxylic acids is 1. The summed E-state index contributed by atoms with van der Waals surface area (Å²) >= 11 is 0. The molecule has 48 heavy (non-hydrogen) atoms. The lowest BCUT2D eigenvalue weighted by atomic mass is 10.2. The van der Waals surface area contributed by atoms with Crippen LogP contribution in [0.25, 0.3) is 0 Å². The molecule has 12 heteroatoms. The van der Waals surface area contributed by atoms with Gasteiger partial charge in [0.15, 0.2) is 11.6 Å². The van der Waals surface area contributed by atoms with Crippen molar-refractivity contribution in [2.45, 2.75) is 72.3 Å². The number of piperazine rings is 1. The van der Waals surface area contributed by atoms with Gasteiger partial charge >= 0.3 is 6.09 Å². The summed E-state index contributed by atoms with van der Waals surface area (Å²) in [4.78, 5) is 26.8. The number of anilines is 2. The smallest absolute Gasteiger partial charge is 0.421 e. The molecule has 0 bridgehead atoms. The van der Waals surface area contributed by atoms with E-state index in [-0.39, 0.29) is 17.7 Å². The van der Waals surface area contributed by atoms with Gasteiger partial charge in [-0.15, -0.1) is 0 Å². The van der Waals surface area contributed by atoms with Crippen LogP contribution in [0.1, 0.15) is 54.4 Å². The first kappa shape index (κ1) is 36.8. The van der Waals surface area contributed by atoms with E-state index in [1.165, 1.54) is 11.0 Å². The predicted octanol–water partition coefficient (Wildman–Crippen LogP) is 6.41. The van der Waals surface area contributed by atoms with Crippen LogP contribution < -0.4 is 24.4 Å². The average Bonchev–Trinajstić information content (AvgIpc) is 3.05. The van der Waals surface area contributed by atoms with E-state index in [1.54, 1.807) is 50.6 Å². The van der Waals surface area contributed by atoms with E-state index in [0.717, 1.165) is 45.6 Å². The third-order valence-corrected chi connectivity index (χ3v) is 8.71. The SMILES string of the molecule is CCCCN(C(=O)OC1=NC(C)(Nc2ccc(OCCN3CCN(C(C)C)CC3)c(F)c2)N(C(C)C)C=C1)c1ccc(OC)cc1OC. The second kappa shape index (κ2) is 16.9. The maximum Gasteiger partial charge on any atom is 0.421 e. The number of methoxy groups -OCH3 is 2. The molecule has 0 aliphatic carbocycles. The van der Waals surface area contributed by atoms with Crippen LogP contribution in [0, 0.1) is 5.82 Å². The lowest BCUT2D eigenvalue weighted by molar-refractivity contribution is 0.0965. The van der Waals surface area contributed by atoms with Gasteiger partial charge in [-0.25, -0.2) is 14.2 Å². The Morgan fingerprint density at radius 3 is 2.40 bits per heavy atom. The number of unbranched alkanes of at least 4 members (excludes halogenated alkanes) is 1. The molecule has 1 N–H and O–H groups in total. The van der Waals surface area contributed by atoms with Gasteiger partial charge < -0.3 is 29.2 Å². The largest absolute Gasteiger partial charge is 0.497 e. The van der Waals surface area contributed by atoms with E-state index >= 15 is 4.39 Å². The first-order chi connectivity index (χ1) is 23.0. The van der Waals surface area contributed by atoms with Gasteiger partial charge in [0, 0.05) is 81.4 Å². The molecule has 0 aromatic heterocycles. The van der Waals surface area contributed by atoms with Gasteiger partial charge in [0.25, 0.3) is 0 Å². The molecule has 264 valence electrons. The highest BCUT2D eigenvalue weighted by atomic mass is 19.1. The average molecular weight is 669 g/mol. The van der Waals surface area contributed by atoms with Gasteiger partial charge in [-0.05, 0) is 65.3 Å². The summed E-state index contributed by atoms with van der Waals surface area (Å²) < 4.78 is 37.9. The van der Waals surface area contributed by atoms with Gasteiger partial charge in [-0.2, -0.15) is 0 Å². The highest BCUT2D eigenvalue weighted by Gasteiger charge is 2.36. The van der Waals surface area contributed by atoms with Crippen molar-refractivity contribution in [1.82, 2.24) is 14.7 Å². The van der Waals surface area contributed by atoms with Gasteiger partial charge in [-0.1, -0.05) is 13.3 Å². The Balaban J connectivity index is 1.45. The fourth-order valence-corrected chi connectivity index (χ4v) is 5.96. The normalized spacial score (nSPS) is 18.6. The molecule has 1 unspecified atom stereocenters. The third kappa shape index (κ3) is 9.31. The zero-order valence-corrected chi connectivity index (χ0v) is 29.8. The maximum atomic E-state index is 15.3. The number of amides is 1. The standard InChI is InChI=1S/C36H53FN6O5/c1-9-10-16-42(31-13-12-29(45-7)25-33(31)46-8)35(44)48-34-15-17-43(27(4)5)36(6,39-34)38-28-11-14-32(30(37)24-28)47-23-22-40-18-20-41(21-19-40)26(2)3/h11-15,17,24-27,38H,9-10,16,18-23H2,1-8H3. The highest BCUT2D eigenvalue weighted by molar-refractivity contribution is 6.02. The molecule has 2 aliphatic rings. The van der Waals surface area contributed by atoms with E-state index in [0.29, 0.717) is 42.1 Å². The molecular formula is C36H53FN6O5. The predicted molar refractivity (Wildman–Crippen MR) is 189 cm³/mol. The Morgan fingerprint density at radius 2 is 1.77 bits per heavy atom. The molecule has 11 nitrogen and oxygen atoms in total. The van der Waals surface area contributed by atoms with Gasteiger partial charge in [0.1, 0.15) is 18.1 Å². The number of carbonyl (C=O) groups is 1. The van der Waals surface area contributed by atoms with Crippen molar-refractivity contribution in [2.75, 3.05) is 70.3 Å². The van der Waals surface area contributed by atoms with Crippen molar-refractivity contribution in [3.63, 3.8) is 0 Å². The molecule has 1 amide bonds. The van der Waals surface area contributed by atoms with E-state index in [1.807, 2.05) is 31.9 Å². The Kier molecular flexibility index (Phi) is 12.9. The number of nitrogens with zero attached hydrogens (tertiary/aromatic N) is 5. The highest BCUT2D eigenvalue weighted by Crippen LogP contribution is 2.34. The van der Waals surface area contributed by atoms with Crippen LogP contribution in [0.4, 0.5) is 20.6 Å². The number of hydrogen-bond acceptors (Lipinski definition) is 10. The van der Waals surface area contributed by atoms with Crippen LogP contribution >= 0.6 is 0 Å². The zero-order valence-electron chi connectivity index (χ0n) is 29.8. The summed E-state index contributed by atoms with van der Waals surface area (Å²) in [5.74, 6) is -0.129. The monoisotopic (exact) mass is 668 g/mol. The van der Waals surface area contributed by atoms with Crippen molar-refractivity contribution >= 4 is 23.4 Å². The fourth-order valence-electron chi connectivity index (χ4n) is 5.96. The summed E-state index contributed by atoms with van der Waals surface area (Å²) in [5, 5.41) is 3.35. The van der Waals surface area contributed by atoms with Crippen LogP contribution in [0.5, 0.6) is 17.2 Å². The summed E-state index contributed by atoms with van der Waals surface area (Å²) in [6.45, 7) is 18.0. The van der Waals surface area contributed by atoms with Crippen molar-refractivity contribution in [1.29, 1.82) is 0 Å². The zero-order chi connectivity index (χ0) is 34.8. The van der Waals surface area contributed by atoms with Crippen LogP contribution in [-0.2, 0) is 4.74 Å². The molecular weight excluding hydrogens is 615 g/mol. The molecule has 1 atom stereocenters. The second-order valence-electron chi connectivity index (χ2n) is 12.8. The number of aliphatic imine (C=N–C) groups is 1. The van der Waals surface area contributed by atoms with Gasteiger partial charge in [0.2, 0.25) is 11.7 Å². The molecule has 2 aliphatic heterocycles. The van der Waals surface area contributed by atoms with Crippen molar-refractivity contribution in [2.24, 2.45) is 4.99 Å². The minimum atomic E-state index is -1.09. The molecule has 4 rings (SSSR count). The number of ether oxygens (including phenoxy) is 4. The summed E-state index contributed by atoms with van der Waals surface area (Å²) in [6, 6.07) is 10.7. The number of benzene rings is 2. The molecule has 0 radical (unpaired) electrons. The lowest BCUT2D eigenvalue weighted by Crippen LogP contribution is -2.53. The molecule has 0 spiro atoms. The van der Waals surface area contributed by atoms with Crippen molar-refractivity contribution in [3.05, 3.63) is 54.5 Å². The molecule has 0 saturated carbocycles. The van der Waals surface area contributed by atoms with E-state index in [2.05, 4.69) is 35.9 Å². The first-order valence-corrected chi connectivity index (χ1v) is 16.9. The maximum absolute atomic E-state index is 15.3. The fraction of sp³-hybridized carbons (Fsp3) is 0.556.